The molecular weight excluding hydrogens is 220 g/mol. The second-order valence-electron chi connectivity index (χ2n) is 5.23. The summed E-state index contributed by atoms with van der Waals surface area (Å²) in [5.41, 5.74) is 4.99. The number of ketones is 1. The first-order chi connectivity index (χ1) is 8.84. The van der Waals surface area contributed by atoms with E-state index in [1.54, 1.807) is 6.08 Å². The molecule has 0 N–H and O–H groups in total. The van der Waals surface area contributed by atoms with Crippen LogP contribution in [0.2, 0.25) is 0 Å². The summed E-state index contributed by atoms with van der Waals surface area (Å²) in [6.07, 6.45) is 8.64. The summed E-state index contributed by atoms with van der Waals surface area (Å²) in [6.45, 7) is 0. The molecule has 0 aliphatic heterocycles. The molecular formula is C17H14O. The van der Waals surface area contributed by atoms with Crippen LogP contribution < -0.4 is 0 Å². The van der Waals surface area contributed by atoms with Gasteiger partial charge in [-0.25, -0.2) is 0 Å². The zero-order chi connectivity index (χ0) is 12.1. The van der Waals surface area contributed by atoms with Crippen LogP contribution in [0.1, 0.15) is 39.9 Å². The van der Waals surface area contributed by atoms with Crippen molar-refractivity contribution in [2.24, 2.45) is 0 Å². The van der Waals surface area contributed by atoms with E-state index < -0.39 is 0 Å². The number of fused-ring (bicyclic) bond motifs is 5. The monoisotopic (exact) mass is 234 g/mol. The zero-order valence-electron chi connectivity index (χ0n) is 10.2. The van der Waals surface area contributed by atoms with Gasteiger partial charge in [-0.2, -0.15) is 0 Å². The first kappa shape index (κ1) is 10.1. The fraction of sp³-hybridized carbons (Fsp3) is 0.235. The van der Waals surface area contributed by atoms with Gasteiger partial charge in [-0.3, -0.25) is 4.79 Å². The minimum atomic E-state index is 0.143. The number of hydrogen-bond donors (Lipinski definition) is 0. The largest absolute Gasteiger partial charge is 0.289 e. The molecule has 0 saturated heterocycles. The number of carbonyl (C=O) groups excluding carboxylic acids is 1. The lowest BCUT2D eigenvalue weighted by Crippen LogP contribution is -2.04. The Hall–Kier alpha value is -1.89. The highest BCUT2D eigenvalue weighted by atomic mass is 16.1. The van der Waals surface area contributed by atoms with E-state index in [1.807, 2.05) is 12.1 Å². The molecule has 2 aliphatic rings. The Bertz CT molecular complexity index is 707. The van der Waals surface area contributed by atoms with Crippen molar-refractivity contribution in [1.29, 1.82) is 0 Å². The fourth-order valence-electron chi connectivity index (χ4n) is 3.33. The maximum Gasteiger partial charge on any atom is 0.186 e. The Morgan fingerprint density at radius 3 is 2.61 bits per heavy atom. The van der Waals surface area contributed by atoms with Gasteiger partial charge in [-0.05, 0) is 71.4 Å². The van der Waals surface area contributed by atoms with Crippen molar-refractivity contribution in [2.75, 3.05) is 0 Å². The molecule has 2 aromatic rings. The molecule has 88 valence electrons. The number of carbonyl (C=O) groups is 1. The minimum Gasteiger partial charge on any atom is -0.289 e. The lowest BCUT2D eigenvalue weighted by atomic mass is 9.86. The van der Waals surface area contributed by atoms with Crippen molar-refractivity contribution >= 4 is 22.6 Å². The SMILES string of the molecule is O=C1C=Cc2c1ccc1c3c(ccc21)CCCC3. The minimum absolute atomic E-state index is 0.143. The normalized spacial score (nSPS) is 17.0. The molecule has 1 nitrogen and oxygen atoms in total. The van der Waals surface area contributed by atoms with E-state index in [9.17, 15) is 4.79 Å². The van der Waals surface area contributed by atoms with E-state index in [1.165, 1.54) is 47.6 Å². The second kappa shape index (κ2) is 3.55. The van der Waals surface area contributed by atoms with E-state index >= 15 is 0 Å². The zero-order valence-corrected chi connectivity index (χ0v) is 10.2. The van der Waals surface area contributed by atoms with E-state index in [0.29, 0.717) is 0 Å². The third-order valence-electron chi connectivity index (χ3n) is 4.24. The molecule has 0 unspecified atom stereocenters. The molecule has 0 heterocycles. The van der Waals surface area contributed by atoms with Crippen molar-refractivity contribution in [3.05, 3.63) is 52.6 Å². The molecule has 0 amide bonds. The van der Waals surface area contributed by atoms with Crippen molar-refractivity contribution in [1.82, 2.24) is 0 Å². The number of hydrogen-bond acceptors (Lipinski definition) is 1. The topological polar surface area (TPSA) is 17.1 Å². The van der Waals surface area contributed by atoms with E-state index in [0.717, 1.165) is 11.1 Å². The number of rotatable bonds is 0. The van der Waals surface area contributed by atoms with Crippen molar-refractivity contribution < 1.29 is 4.79 Å². The molecule has 4 rings (SSSR count). The van der Waals surface area contributed by atoms with Gasteiger partial charge in [-0.1, -0.05) is 18.2 Å². The van der Waals surface area contributed by atoms with Crippen LogP contribution in [0, 0.1) is 0 Å². The Balaban J connectivity index is 2.09. The number of aryl methyl sites for hydroxylation is 2. The van der Waals surface area contributed by atoms with Crippen LogP contribution in [0.3, 0.4) is 0 Å². The lowest BCUT2D eigenvalue weighted by Gasteiger charge is -2.18. The number of benzene rings is 2. The molecule has 0 aromatic heterocycles. The molecule has 2 aliphatic carbocycles. The van der Waals surface area contributed by atoms with Crippen LogP contribution in [-0.4, -0.2) is 5.78 Å². The molecule has 2 aromatic carbocycles. The molecule has 0 atom stereocenters. The third kappa shape index (κ3) is 1.25. The Kier molecular flexibility index (Phi) is 1.99. The van der Waals surface area contributed by atoms with Crippen molar-refractivity contribution in [3.8, 4) is 0 Å². The molecule has 0 fully saturated rings. The summed E-state index contributed by atoms with van der Waals surface area (Å²) >= 11 is 0. The summed E-state index contributed by atoms with van der Waals surface area (Å²) in [5.74, 6) is 0.143. The average Bonchev–Trinajstić information content (AvgIpc) is 2.80. The molecule has 18 heavy (non-hydrogen) atoms. The fourth-order valence-corrected chi connectivity index (χ4v) is 3.33. The molecule has 0 spiro atoms. The molecule has 0 bridgehead atoms. The molecule has 0 radical (unpaired) electrons. The Labute approximate surface area is 106 Å². The second-order valence-corrected chi connectivity index (χ2v) is 5.23. The van der Waals surface area contributed by atoms with E-state index in [-0.39, 0.29) is 5.78 Å². The van der Waals surface area contributed by atoms with Crippen LogP contribution in [0.15, 0.2) is 30.3 Å². The summed E-state index contributed by atoms with van der Waals surface area (Å²) in [5, 5.41) is 2.60. The highest BCUT2D eigenvalue weighted by Gasteiger charge is 2.19. The lowest BCUT2D eigenvalue weighted by molar-refractivity contribution is 0.105. The van der Waals surface area contributed by atoms with Gasteiger partial charge < -0.3 is 0 Å². The third-order valence-corrected chi connectivity index (χ3v) is 4.24. The highest BCUT2D eigenvalue weighted by molar-refractivity contribution is 6.18. The predicted molar refractivity (Wildman–Crippen MR) is 74.0 cm³/mol. The summed E-state index contributed by atoms with van der Waals surface area (Å²) in [4.78, 5) is 11.7. The molecule has 1 heteroatoms. The van der Waals surface area contributed by atoms with Gasteiger partial charge in [0, 0.05) is 5.56 Å². The smallest absolute Gasteiger partial charge is 0.186 e. The maximum atomic E-state index is 11.7. The quantitative estimate of drug-likeness (QED) is 0.675. The van der Waals surface area contributed by atoms with Gasteiger partial charge in [0.2, 0.25) is 0 Å². The van der Waals surface area contributed by atoms with Crippen molar-refractivity contribution in [3.63, 3.8) is 0 Å². The van der Waals surface area contributed by atoms with Crippen LogP contribution in [-0.2, 0) is 12.8 Å². The summed E-state index contributed by atoms with van der Waals surface area (Å²) in [7, 11) is 0. The summed E-state index contributed by atoms with van der Waals surface area (Å²) < 4.78 is 0. The van der Waals surface area contributed by atoms with Gasteiger partial charge in [0.05, 0.1) is 0 Å². The van der Waals surface area contributed by atoms with Gasteiger partial charge in [0.1, 0.15) is 0 Å². The van der Waals surface area contributed by atoms with Gasteiger partial charge in [0.25, 0.3) is 0 Å². The van der Waals surface area contributed by atoms with Gasteiger partial charge >= 0.3 is 0 Å². The van der Waals surface area contributed by atoms with Crippen molar-refractivity contribution in [2.45, 2.75) is 25.7 Å². The predicted octanol–water partition coefficient (Wildman–Crippen LogP) is 3.93. The first-order valence-electron chi connectivity index (χ1n) is 6.64. The number of allylic oxidation sites excluding steroid dienone is 1. The average molecular weight is 234 g/mol. The summed E-state index contributed by atoms with van der Waals surface area (Å²) in [6, 6.07) is 8.59. The Morgan fingerprint density at radius 1 is 0.833 bits per heavy atom. The Morgan fingerprint density at radius 2 is 1.67 bits per heavy atom. The van der Waals surface area contributed by atoms with E-state index in [2.05, 4.69) is 18.2 Å². The first-order valence-corrected chi connectivity index (χ1v) is 6.64. The van der Waals surface area contributed by atoms with E-state index in [4.69, 9.17) is 0 Å². The maximum absolute atomic E-state index is 11.7. The van der Waals surface area contributed by atoms with Crippen LogP contribution in [0.4, 0.5) is 0 Å². The van der Waals surface area contributed by atoms with Gasteiger partial charge in [-0.15, -0.1) is 0 Å². The molecule has 0 saturated carbocycles. The van der Waals surface area contributed by atoms with Crippen LogP contribution in [0.25, 0.3) is 16.8 Å². The highest BCUT2D eigenvalue weighted by Crippen LogP contribution is 2.34. The van der Waals surface area contributed by atoms with Crippen LogP contribution >= 0.6 is 0 Å². The van der Waals surface area contributed by atoms with Gasteiger partial charge in [0.15, 0.2) is 5.78 Å². The standard InChI is InChI=1S/C17H14O/c18-17-10-9-15-14-6-5-11-3-1-2-4-12(11)13(14)7-8-16(15)17/h5-10H,1-4H2. The van der Waals surface area contributed by atoms with Crippen LogP contribution in [0.5, 0.6) is 0 Å².